The van der Waals surface area contributed by atoms with Gasteiger partial charge in [0.2, 0.25) is 5.91 Å². The summed E-state index contributed by atoms with van der Waals surface area (Å²) in [6.45, 7) is 7.86. The summed E-state index contributed by atoms with van der Waals surface area (Å²) < 4.78 is 0. The number of hydrogen-bond donors (Lipinski definition) is 1. The van der Waals surface area contributed by atoms with E-state index in [9.17, 15) is 4.79 Å². The summed E-state index contributed by atoms with van der Waals surface area (Å²) >= 11 is 0. The van der Waals surface area contributed by atoms with Gasteiger partial charge >= 0.3 is 0 Å². The Bertz CT molecular complexity index is 112. The molecule has 2 heteroatoms. The molecule has 1 unspecified atom stereocenters. The summed E-state index contributed by atoms with van der Waals surface area (Å²) in [5.41, 5.74) is 0. The van der Waals surface area contributed by atoms with Crippen molar-refractivity contribution in [2.24, 2.45) is 5.92 Å². The van der Waals surface area contributed by atoms with Gasteiger partial charge in [0.05, 0.1) is 0 Å². The third-order valence-electron chi connectivity index (χ3n) is 1.93. The fraction of sp³-hybridized carbons (Fsp3) is 0.875. The lowest BCUT2D eigenvalue weighted by atomic mass is 10.0. The largest absolute Gasteiger partial charge is 0.354 e. The average Bonchev–Trinajstić information content (AvgIpc) is 1.85. The Balaban J connectivity index is 3.61. The molecule has 2 atom stereocenters. The van der Waals surface area contributed by atoms with Gasteiger partial charge in [-0.1, -0.05) is 20.3 Å². The molecule has 0 aliphatic carbocycles. The van der Waals surface area contributed by atoms with Crippen molar-refractivity contribution in [2.75, 3.05) is 0 Å². The first-order chi connectivity index (χ1) is 4.57. The number of hydrogen-bond acceptors (Lipinski definition) is 1. The molecule has 60 valence electrons. The van der Waals surface area contributed by atoms with E-state index in [1.54, 1.807) is 6.92 Å². The summed E-state index contributed by atoms with van der Waals surface area (Å²) in [5.74, 6) is 0.636. The van der Waals surface area contributed by atoms with Crippen LogP contribution in [0.4, 0.5) is 0 Å². The van der Waals surface area contributed by atoms with Crippen molar-refractivity contribution >= 4 is 5.91 Å². The highest BCUT2D eigenvalue weighted by molar-refractivity contribution is 5.73. The van der Waals surface area contributed by atoms with Crippen molar-refractivity contribution in [3.8, 4) is 0 Å². The molecule has 0 bridgehead atoms. The van der Waals surface area contributed by atoms with Crippen molar-refractivity contribution in [1.82, 2.24) is 5.32 Å². The van der Waals surface area contributed by atoms with Gasteiger partial charge in [-0.05, 0) is 12.8 Å². The van der Waals surface area contributed by atoms with Gasteiger partial charge in [-0.2, -0.15) is 0 Å². The number of carbonyl (C=O) groups is 1. The van der Waals surface area contributed by atoms with E-state index in [-0.39, 0.29) is 5.91 Å². The summed E-state index contributed by atoms with van der Waals surface area (Å²) in [7, 11) is 0. The first-order valence-corrected chi connectivity index (χ1v) is 3.85. The van der Waals surface area contributed by atoms with Crippen LogP contribution in [0.2, 0.25) is 0 Å². The van der Waals surface area contributed by atoms with E-state index in [0.717, 1.165) is 6.42 Å². The van der Waals surface area contributed by atoms with Gasteiger partial charge in [0, 0.05) is 13.0 Å². The highest BCUT2D eigenvalue weighted by Crippen LogP contribution is 2.05. The summed E-state index contributed by atoms with van der Waals surface area (Å²) in [6, 6.07) is 0.308. The van der Waals surface area contributed by atoms with Crippen LogP contribution >= 0.6 is 0 Å². The zero-order chi connectivity index (χ0) is 8.15. The second-order valence-corrected chi connectivity index (χ2v) is 2.87. The van der Waals surface area contributed by atoms with Crippen LogP contribution in [0.1, 0.15) is 34.1 Å². The quantitative estimate of drug-likeness (QED) is 0.638. The van der Waals surface area contributed by atoms with E-state index in [4.69, 9.17) is 0 Å². The number of carbonyl (C=O) groups excluding carboxylic acids is 1. The van der Waals surface area contributed by atoms with Crippen molar-refractivity contribution in [1.29, 1.82) is 0 Å². The lowest BCUT2D eigenvalue weighted by Crippen LogP contribution is -2.35. The van der Waals surface area contributed by atoms with Gasteiger partial charge in [0.1, 0.15) is 0 Å². The SMILES string of the molecule is CC[C@H](C)C(C)NC(C)=O. The molecule has 0 aromatic rings. The number of nitrogens with one attached hydrogen (secondary N) is 1. The monoisotopic (exact) mass is 143 g/mol. The van der Waals surface area contributed by atoms with E-state index in [1.165, 1.54) is 0 Å². The first kappa shape index (κ1) is 9.47. The molecule has 10 heavy (non-hydrogen) atoms. The molecule has 0 saturated heterocycles. The minimum atomic E-state index is 0.0628. The molecule has 0 aromatic carbocycles. The molecule has 0 aromatic heterocycles. The molecule has 0 rings (SSSR count). The first-order valence-electron chi connectivity index (χ1n) is 3.85. The van der Waals surface area contributed by atoms with Crippen LogP contribution in [0.3, 0.4) is 0 Å². The fourth-order valence-corrected chi connectivity index (χ4v) is 0.816. The molecule has 1 N–H and O–H groups in total. The second-order valence-electron chi connectivity index (χ2n) is 2.87. The Kier molecular flexibility index (Phi) is 4.08. The van der Waals surface area contributed by atoms with Crippen LogP contribution in [0, 0.1) is 5.92 Å². The minimum absolute atomic E-state index is 0.0628. The molecule has 0 heterocycles. The maximum absolute atomic E-state index is 10.6. The van der Waals surface area contributed by atoms with Crippen LogP contribution < -0.4 is 5.32 Å². The molecular formula is C8H17NO. The Morgan fingerprint density at radius 1 is 1.50 bits per heavy atom. The molecule has 2 nitrogen and oxygen atoms in total. The predicted molar refractivity (Wildman–Crippen MR) is 42.7 cm³/mol. The highest BCUT2D eigenvalue weighted by Gasteiger charge is 2.09. The minimum Gasteiger partial charge on any atom is -0.354 e. The normalized spacial score (nSPS) is 16.0. The van der Waals surface area contributed by atoms with Crippen molar-refractivity contribution in [3.05, 3.63) is 0 Å². The van der Waals surface area contributed by atoms with Crippen molar-refractivity contribution < 1.29 is 4.79 Å². The van der Waals surface area contributed by atoms with Crippen LogP contribution in [-0.4, -0.2) is 11.9 Å². The zero-order valence-electron chi connectivity index (χ0n) is 7.27. The van der Waals surface area contributed by atoms with E-state index in [0.29, 0.717) is 12.0 Å². The average molecular weight is 143 g/mol. The van der Waals surface area contributed by atoms with Gasteiger partial charge < -0.3 is 5.32 Å². The maximum atomic E-state index is 10.6. The summed E-state index contributed by atoms with van der Waals surface area (Å²) in [5, 5.41) is 2.85. The smallest absolute Gasteiger partial charge is 0.217 e. The molecule has 0 aliphatic rings. The van der Waals surface area contributed by atoms with E-state index in [2.05, 4.69) is 19.2 Å². The van der Waals surface area contributed by atoms with Gasteiger partial charge in [0.25, 0.3) is 0 Å². The van der Waals surface area contributed by atoms with Crippen LogP contribution in [0.25, 0.3) is 0 Å². The zero-order valence-corrected chi connectivity index (χ0v) is 7.27. The van der Waals surface area contributed by atoms with Crippen molar-refractivity contribution in [3.63, 3.8) is 0 Å². The van der Waals surface area contributed by atoms with Gasteiger partial charge in [-0.15, -0.1) is 0 Å². The second kappa shape index (κ2) is 4.31. The molecular weight excluding hydrogens is 126 g/mol. The molecule has 0 spiro atoms. The Labute approximate surface area is 63.0 Å². The van der Waals surface area contributed by atoms with Gasteiger partial charge in [-0.3, -0.25) is 4.79 Å². The van der Waals surface area contributed by atoms with Crippen LogP contribution in [-0.2, 0) is 4.79 Å². The third-order valence-corrected chi connectivity index (χ3v) is 1.93. The Hall–Kier alpha value is -0.530. The molecule has 0 fully saturated rings. The number of rotatable bonds is 3. The van der Waals surface area contributed by atoms with E-state index >= 15 is 0 Å². The van der Waals surface area contributed by atoms with E-state index in [1.807, 2.05) is 6.92 Å². The predicted octanol–water partition coefficient (Wildman–Crippen LogP) is 1.56. The molecule has 0 saturated carbocycles. The topological polar surface area (TPSA) is 29.1 Å². The lowest BCUT2D eigenvalue weighted by molar-refractivity contribution is -0.119. The third kappa shape index (κ3) is 3.49. The van der Waals surface area contributed by atoms with Gasteiger partial charge in [0.15, 0.2) is 0 Å². The summed E-state index contributed by atoms with van der Waals surface area (Å²) in [4.78, 5) is 10.6. The highest BCUT2D eigenvalue weighted by atomic mass is 16.1. The number of amides is 1. The van der Waals surface area contributed by atoms with E-state index < -0.39 is 0 Å². The summed E-state index contributed by atoms with van der Waals surface area (Å²) in [6.07, 6.45) is 1.11. The van der Waals surface area contributed by atoms with Crippen LogP contribution in [0.15, 0.2) is 0 Å². The Morgan fingerprint density at radius 2 is 2.00 bits per heavy atom. The van der Waals surface area contributed by atoms with Crippen LogP contribution in [0.5, 0.6) is 0 Å². The van der Waals surface area contributed by atoms with Crippen molar-refractivity contribution in [2.45, 2.75) is 40.2 Å². The van der Waals surface area contributed by atoms with Gasteiger partial charge in [-0.25, -0.2) is 0 Å². The fourth-order valence-electron chi connectivity index (χ4n) is 0.816. The lowest BCUT2D eigenvalue weighted by Gasteiger charge is -2.18. The molecule has 0 aliphatic heterocycles. The molecule has 1 amide bonds. The maximum Gasteiger partial charge on any atom is 0.217 e. The standard InChI is InChI=1S/C8H17NO/c1-5-6(2)7(3)9-8(4)10/h6-7H,5H2,1-4H3,(H,9,10)/t6-,7?/m0/s1. The Morgan fingerprint density at radius 3 is 2.30 bits per heavy atom. The molecule has 0 radical (unpaired) electrons.